The van der Waals surface area contributed by atoms with Crippen LogP contribution in [-0.4, -0.2) is 49.2 Å². The third kappa shape index (κ3) is 4.94. The average molecular weight is 228 g/mol. The minimum Gasteiger partial charge on any atom is -0.481 e. The van der Waals surface area contributed by atoms with Crippen molar-refractivity contribution in [3.8, 4) is 0 Å². The predicted octanol–water partition coefficient (Wildman–Crippen LogP) is 1.03. The van der Waals surface area contributed by atoms with Crippen LogP contribution in [-0.2, 0) is 4.79 Å². The van der Waals surface area contributed by atoms with Gasteiger partial charge in [0.1, 0.15) is 0 Å². The zero-order valence-corrected chi connectivity index (χ0v) is 10.4. The number of hydrogen-bond donors (Lipinski definition) is 2. The van der Waals surface area contributed by atoms with Crippen LogP contribution in [0, 0.1) is 11.8 Å². The van der Waals surface area contributed by atoms with Gasteiger partial charge in [-0.3, -0.25) is 4.79 Å². The van der Waals surface area contributed by atoms with E-state index in [1.807, 2.05) is 0 Å². The summed E-state index contributed by atoms with van der Waals surface area (Å²) in [7, 11) is 2.17. The van der Waals surface area contributed by atoms with Gasteiger partial charge in [-0.1, -0.05) is 6.92 Å². The molecule has 1 aliphatic rings. The maximum absolute atomic E-state index is 10.6. The highest BCUT2D eigenvalue weighted by atomic mass is 16.4. The van der Waals surface area contributed by atoms with Gasteiger partial charge in [0.05, 0.1) is 5.92 Å². The second kappa shape index (κ2) is 6.86. The van der Waals surface area contributed by atoms with Crippen LogP contribution in [0.15, 0.2) is 0 Å². The number of hydrogen-bond acceptors (Lipinski definition) is 3. The number of rotatable bonds is 6. The van der Waals surface area contributed by atoms with Gasteiger partial charge in [0.2, 0.25) is 0 Å². The Kier molecular flexibility index (Phi) is 5.77. The number of carbonyl (C=O) groups is 1. The third-order valence-electron chi connectivity index (χ3n) is 3.32. The molecule has 1 fully saturated rings. The average Bonchev–Trinajstić information content (AvgIpc) is 2.24. The van der Waals surface area contributed by atoms with Crippen LogP contribution in [0.1, 0.15) is 26.2 Å². The molecule has 2 unspecified atom stereocenters. The van der Waals surface area contributed by atoms with E-state index in [1.54, 1.807) is 6.92 Å². The molecule has 0 aromatic heterocycles. The highest BCUT2D eigenvalue weighted by Gasteiger charge is 2.16. The van der Waals surface area contributed by atoms with Crippen molar-refractivity contribution in [2.24, 2.45) is 11.8 Å². The molecule has 0 bridgehead atoms. The molecule has 0 spiro atoms. The molecule has 16 heavy (non-hydrogen) atoms. The molecule has 94 valence electrons. The SMILES string of the molecule is CC(CNCCC1CCCN(C)C1)C(=O)O. The second-order valence-electron chi connectivity index (χ2n) is 5.00. The van der Waals surface area contributed by atoms with Gasteiger partial charge in [0, 0.05) is 13.1 Å². The number of carboxylic acid groups (broad SMARTS) is 1. The summed E-state index contributed by atoms with van der Waals surface area (Å²) < 4.78 is 0. The fraction of sp³-hybridized carbons (Fsp3) is 0.917. The summed E-state index contributed by atoms with van der Waals surface area (Å²) >= 11 is 0. The Balaban J connectivity index is 2.04. The highest BCUT2D eigenvalue weighted by molar-refractivity contribution is 5.69. The number of carboxylic acids is 1. The summed E-state index contributed by atoms with van der Waals surface area (Å²) in [6, 6.07) is 0. The van der Waals surface area contributed by atoms with Crippen molar-refractivity contribution in [1.29, 1.82) is 0 Å². The Bertz CT molecular complexity index is 221. The van der Waals surface area contributed by atoms with Crippen LogP contribution in [0.4, 0.5) is 0 Å². The molecule has 2 N–H and O–H groups in total. The monoisotopic (exact) mass is 228 g/mol. The van der Waals surface area contributed by atoms with Gasteiger partial charge < -0.3 is 15.3 Å². The first-order valence-corrected chi connectivity index (χ1v) is 6.21. The van der Waals surface area contributed by atoms with E-state index in [0.29, 0.717) is 6.54 Å². The van der Waals surface area contributed by atoms with E-state index in [0.717, 1.165) is 18.9 Å². The summed E-state index contributed by atoms with van der Waals surface area (Å²) in [5.41, 5.74) is 0. The minimum absolute atomic E-state index is 0.283. The van der Waals surface area contributed by atoms with Crippen molar-refractivity contribution < 1.29 is 9.90 Å². The first-order valence-electron chi connectivity index (χ1n) is 6.21. The van der Waals surface area contributed by atoms with Crippen LogP contribution in [0.3, 0.4) is 0 Å². The summed E-state index contributed by atoms with van der Waals surface area (Å²) in [6.07, 6.45) is 3.78. The summed E-state index contributed by atoms with van der Waals surface area (Å²) in [4.78, 5) is 13.0. The summed E-state index contributed by atoms with van der Waals surface area (Å²) in [5, 5.41) is 11.9. The fourth-order valence-corrected chi connectivity index (χ4v) is 2.22. The molecular weight excluding hydrogens is 204 g/mol. The molecule has 1 aliphatic heterocycles. The van der Waals surface area contributed by atoms with Crippen LogP contribution in [0.2, 0.25) is 0 Å². The van der Waals surface area contributed by atoms with Crippen LogP contribution in [0.25, 0.3) is 0 Å². The fourth-order valence-electron chi connectivity index (χ4n) is 2.22. The molecular formula is C12H24N2O2. The number of piperidine rings is 1. The van der Waals surface area contributed by atoms with Crippen LogP contribution < -0.4 is 5.32 Å². The number of likely N-dealkylation sites (tertiary alicyclic amines) is 1. The minimum atomic E-state index is -0.718. The Morgan fingerprint density at radius 2 is 2.38 bits per heavy atom. The maximum Gasteiger partial charge on any atom is 0.307 e. The normalized spacial score (nSPS) is 24.2. The van der Waals surface area contributed by atoms with E-state index in [9.17, 15) is 4.79 Å². The Hall–Kier alpha value is -0.610. The van der Waals surface area contributed by atoms with E-state index >= 15 is 0 Å². The van der Waals surface area contributed by atoms with Crippen molar-refractivity contribution >= 4 is 5.97 Å². The van der Waals surface area contributed by atoms with Crippen LogP contribution >= 0.6 is 0 Å². The lowest BCUT2D eigenvalue weighted by atomic mass is 9.95. The second-order valence-corrected chi connectivity index (χ2v) is 5.00. The topological polar surface area (TPSA) is 52.6 Å². The lowest BCUT2D eigenvalue weighted by molar-refractivity contribution is -0.140. The van der Waals surface area contributed by atoms with E-state index in [4.69, 9.17) is 5.11 Å². The quantitative estimate of drug-likeness (QED) is 0.667. The van der Waals surface area contributed by atoms with Crippen molar-refractivity contribution in [2.75, 3.05) is 33.2 Å². The zero-order valence-electron chi connectivity index (χ0n) is 10.4. The van der Waals surface area contributed by atoms with E-state index in [-0.39, 0.29) is 5.92 Å². The molecule has 0 radical (unpaired) electrons. The van der Waals surface area contributed by atoms with E-state index in [2.05, 4.69) is 17.3 Å². The van der Waals surface area contributed by atoms with Gasteiger partial charge in [-0.2, -0.15) is 0 Å². The standard InChI is InChI=1S/C12H24N2O2/c1-10(12(15)16)8-13-6-5-11-4-3-7-14(2)9-11/h10-11,13H,3-9H2,1-2H3,(H,15,16). The smallest absolute Gasteiger partial charge is 0.307 e. The molecule has 1 rings (SSSR count). The van der Waals surface area contributed by atoms with Gasteiger partial charge in [-0.15, -0.1) is 0 Å². The van der Waals surface area contributed by atoms with E-state index < -0.39 is 5.97 Å². The molecule has 1 saturated heterocycles. The molecule has 2 atom stereocenters. The van der Waals surface area contributed by atoms with Crippen molar-refractivity contribution in [2.45, 2.75) is 26.2 Å². The first-order chi connectivity index (χ1) is 7.59. The first kappa shape index (κ1) is 13.5. The third-order valence-corrected chi connectivity index (χ3v) is 3.32. The molecule has 0 aromatic rings. The Labute approximate surface area is 98.0 Å². The Morgan fingerprint density at radius 3 is 3.00 bits per heavy atom. The number of nitrogens with one attached hydrogen (secondary N) is 1. The van der Waals surface area contributed by atoms with E-state index in [1.165, 1.54) is 25.9 Å². The molecule has 4 heteroatoms. The van der Waals surface area contributed by atoms with Crippen LogP contribution in [0.5, 0.6) is 0 Å². The molecule has 4 nitrogen and oxygen atoms in total. The molecule has 0 aromatic carbocycles. The Morgan fingerprint density at radius 1 is 1.62 bits per heavy atom. The highest BCUT2D eigenvalue weighted by Crippen LogP contribution is 2.17. The largest absolute Gasteiger partial charge is 0.481 e. The molecule has 0 aliphatic carbocycles. The van der Waals surface area contributed by atoms with Gasteiger partial charge in [0.25, 0.3) is 0 Å². The van der Waals surface area contributed by atoms with Gasteiger partial charge in [-0.05, 0) is 45.3 Å². The zero-order chi connectivity index (χ0) is 12.0. The van der Waals surface area contributed by atoms with Gasteiger partial charge in [0.15, 0.2) is 0 Å². The van der Waals surface area contributed by atoms with Crippen molar-refractivity contribution in [1.82, 2.24) is 10.2 Å². The molecule has 0 amide bonds. The van der Waals surface area contributed by atoms with Crippen molar-refractivity contribution in [3.63, 3.8) is 0 Å². The number of nitrogens with zero attached hydrogens (tertiary/aromatic N) is 1. The summed E-state index contributed by atoms with van der Waals surface area (Å²) in [6.45, 7) is 5.67. The maximum atomic E-state index is 10.6. The van der Waals surface area contributed by atoms with Gasteiger partial charge in [-0.25, -0.2) is 0 Å². The lowest BCUT2D eigenvalue weighted by Crippen LogP contribution is -2.34. The number of aliphatic carboxylic acids is 1. The molecule has 0 saturated carbocycles. The van der Waals surface area contributed by atoms with Gasteiger partial charge >= 0.3 is 5.97 Å². The summed E-state index contributed by atoms with van der Waals surface area (Å²) in [5.74, 6) is -0.217. The molecule has 1 heterocycles. The van der Waals surface area contributed by atoms with Crippen molar-refractivity contribution in [3.05, 3.63) is 0 Å². The predicted molar refractivity (Wildman–Crippen MR) is 64.5 cm³/mol. The lowest BCUT2D eigenvalue weighted by Gasteiger charge is -2.29.